The largest absolute Gasteiger partial charge is 0.504 e. The van der Waals surface area contributed by atoms with Crippen LogP contribution in [0.4, 0.5) is 73.2 Å². The van der Waals surface area contributed by atoms with E-state index in [4.69, 9.17) is 150 Å². The maximum atomic E-state index is 14.8. The monoisotopic (exact) mass is 2210 g/mol. The van der Waals surface area contributed by atoms with Crippen molar-refractivity contribution in [3.63, 3.8) is 0 Å². The van der Waals surface area contributed by atoms with Gasteiger partial charge in [0.25, 0.3) is 0 Å². The molecular weight excluding hydrogens is 2110 g/mol. The molecule has 15 heterocycles. The standard InChI is InChI=1S/C29H31Cl2FN4O5.C27H25Cl2FN4O4.C26H27Cl2FN4O4.C24H23Cl2FN4O3/c1-29(2,3)41-28(37)36-15-4-5-16(36)9-17(8-15)39-23-10-19-22(11-24(23)40-18-12-38-13-18)33-14-34-27(19)35-21-7-6-20(30)25(31)26(21)32;1-2-24(35)34-14-3-4-15(34)8-16(7-14)37-22-9-18-21(10-23(22)38-17-11-36-12-17)31-13-32-27(18)33-20-6-5-19(28)25(29)26(20)30;1-26(2,3)37-25(35)33-13-4-5-14(33)9-15(8-13)36-21-10-16-19(11-20(21)34)30-12-31-24(16)32-18-7-6-17(27)22(28)23(18)29;25-17-3-4-18(23(27)22(17)26)31-24-16-7-20(33-14-5-12-1-2-13(6-14)30-12)21(34-15-9-32-10-15)8-19(16)28-11-29-24/h6-7,10-11,14-18H,4-5,8-9,12-13H2,1-3H3,(H,33,34,35);2,5-6,9-10,13-17H,1,3-4,7-8,11-12H2,(H,31,32,33);6-7,10-15,34H,4-5,8-9H2,1-3H3,(H,30,31,32);3-4,7-8,11-15,30H,1-2,5-6,9-10H2,(H,28,29,31)/t15-,16+,17?;14-,15+,16?;13-,14+,15?;12-,13+,14?. The second kappa shape index (κ2) is 44.6. The predicted octanol–water partition coefficient (Wildman–Crippen LogP) is 24.7. The quantitative estimate of drug-likeness (QED) is 0.0197. The van der Waals surface area contributed by atoms with Gasteiger partial charge in [0.05, 0.1) is 125 Å². The third-order valence-corrected chi connectivity index (χ3v) is 31.1. The number of nitrogens with one attached hydrogen (secondary N) is 5. The fourth-order valence-corrected chi connectivity index (χ4v) is 22.1. The minimum atomic E-state index is -0.705. The number of fused-ring (bicyclic) bond motifs is 12. The number of piperidine rings is 4. The van der Waals surface area contributed by atoms with Gasteiger partial charge in [0.15, 0.2) is 69.3 Å². The first-order chi connectivity index (χ1) is 72.0. The number of anilines is 8. The molecule has 0 saturated carbocycles. The van der Waals surface area contributed by atoms with Crippen molar-refractivity contribution in [3.8, 4) is 46.0 Å². The van der Waals surface area contributed by atoms with E-state index in [1.165, 1.54) is 98.8 Å². The highest BCUT2D eigenvalue weighted by Crippen LogP contribution is 2.50. The van der Waals surface area contributed by atoms with Gasteiger partial charge in [0.1, 0.15) is 103 Å². The molecule has 790 valence electrons. The van der Waals surface area contributed by atoms with Crippen molar-refractivity contribution in [3.05, 3.63) is 198 Å². The summed E-state index contributed by atoms with van der Waals surface area (Å²) in [6.45, 7) is 17.9. The molecule has 8 bridgehead atoms. The number of carbonyl (C=O) groups excluding carboxylic acids is 3. The Morgan fingerprint density at radius 3 is 0.887 bits per heavy atom. The molecule has 0 radical (unpaired) electrons. The number of rotatable bonds is 23. The molecule has 0 aliphatic carbocycles. The van der Waals surface area contributed by atoms with E-state index in [1.54, 1.807) is 18.2 Å². The van der Waals surface area contributed by atoms with Crippen molar-refractivity contribution in [2.75, 3.05) is 60.9 Å². The van der Waals surface area contributed by atoms with Crippen molar-refractivity contribution in [2.24, 2.45) is 0 Å². The number of hydrogen-bond acceptors (Lipinski definition) is 29. The van der Waals surface area contributed by atoms with E-state index in [9.17, 15) is 37.1 Å². The Morgan fingerprint density at radius 1 is 0.360 bits per heavy atom. The molecule has 11 aliphatic heterocycles. The second-order valence-electron chi connectivity index (χ2n) is 40.8. The Labute approximate surface area is 900 Å². The molecule has 6 N–H and O–H groups in total. The van der Waals surface area contributed by atoms with Crippen molar-refractivity contribution in [1.82, 2.24) is 59.9 Å². The summed E-state index contributed by atoms with van der Waals surface area (Å²) in [5, 5.41) is 28.5. The number of benzene rings is 8. The number of carbonyl (C=O) groups is 3. The summed E-state index contributed by atoms with van der Waals surface area (Å²) in [4.78, 5) is 78.4. The summed E-state index contributed by atoms with van der Waals surface area (Å²) >= 11 is 47.7. The van der Waals surface area contributed by atoms with E-state index >= 15 is 0 Å². The van der Waals surface area contributed by atoms with Gasteiger partial charge in [0, 0.05) is 133 Å². The van der Waals surface area contributed by atoms with Gasteiger partial charge in [-0.25, -0.2) is 67.0 Å². The maximum absolute atomic E-state index is 14.8. The van der Waals surface area contributed by atoms with Gasteiger partial charge >= 0.3 is 12.2 Å². The molecule has 23 rings (SSSR count). The molecule has 150 heavy (non-hydrogen) atoms. The lowest BCUT2D eigenvalue weighted by atomic mass is 9.99. The van der Waals surface area contributed by atoms with Gasteiger partial charge in [-0.2, -0.15) is 0 Å². The number of phenolic OH excluding ortho intramolecular Hbond substituents is 1. The normalized spacial score (nSPS) is 22.6. The molecule has 3 amide bonds. The number of amides is 3. The van der Waals surface area contributed by atoms with Crippen molar-refractivity contribution < 1.29 is 93.9 Å². The second-order valence-corrected chi connectivity index (χ2v) is 43.9. The molecule has 4 aromatic heterocycles. The number of aromatic hydroxyl groups is 1. The van der Waals surface area contributed by atoms with Crippen molar-refractivity contribution in [2.45, 2.75) is 247 Å². The van der Waals surface area contributed by atoms with Crippen LogP contribution in [0, 0.1) is 23.3 Å². The Bertz CT molecular complexity index is 7120. The van der Waals surface area contributed by atoms with Gasteiger partial charge in [-0.1, -0.05) is 99.4 Å². The molecule has 11 saturated heterocycles. The van der Waals surface area contributed by atoms with Crippen molar-refractivity contribution >= 4 is 201 Å². The van der Waals surface area contributed by atoms with Gasteiger partial charge in [-0.05, 0) is 185 Å². The van der Waals surface area contributed by atoms with Crippen LogP contribution >= 0.6 is 92.8 Å². The minimum Gasteiger partial charge on any atom is -0.504 e. The highest BCUT2D eigenvalue weighted by molar-refractivity contribution is 6.44. The summed E-state index contributed by atoms with van der Waals surface area (Å²) in [6, 6.07) is 27.4. The average molecular weight is 2220 g/mol. The van der Waals surface area contributed by atoms with E-state index < -0.39 is 34.5 Å². The van der Waals surface area contributed by atoms with Crippen LogP contribution in [-0.4, -0.2) is 220 Å². The third kappa shape index (κ3) is 23.5. The third-order valence-electron chi connectivity index (χ3n) is 28.0. The summed E-state index contributed by atoms with van der Waals surface area (Å²) in [5.74, 6) is 2.32. The lowest BCUT2D eigenvalue weighted by Gasteiger charge is -2.39. The molecule has 12 aromatic rings. The SMILES string of the molecule is C=CC(=O)N1[C@@H]2CC[C@H]1CC(Oc1cc3c(Nc4ccc(Cl)c(Cl)c4F)ncnc3cc1OC1COC1)C2.CC(C)(C)OC(=O)N1[C@@H]2CC[C@H]1CC(Oc1cc3c(Nc4ccc(Cl)c(Cl)c4F)ncnc3cc1O)C2.CC(C)(C)OC(=O)N1[C@@H]2CC[C@H]1CC(Oc1cc3c(Nc4ccc(Cl)c(Cl)c4F)ncnc3cc1OC1COC1)C2.Fc1c(Nc2ncnc3cc(OC4COC4)c(OC4C[C@H]5CC[C@@H](C4)N5)cc23)ccc(Cl)c1Cl. The van der Waals surface area contributed by atoms with Crippen LogP contribution in [-0.2, 0) is 28.5 Å². The number of phenols is 1. The van der Waals surface area contributed by atoms with Crippen LogP contribution in [0.5, 0.6) is 46.0 Å². The van der Waals surface area contributed by atoms with E-state index in [0.29, 0.717) is 192 Å². The summed E-state index contributed by atoms with van der Waals surface area (Å²) in [6.07, 6.45) is 19.5. The Hall–Kier alpha value is -11.7. The summed E-state index contributed by atoms with van der Waals surface area (Å²) in [5.41, 5.74) is 1.67. The molecule has 0 spiro atoms. The Balaban J connectivity index is 0.000000121. The lowest BCUT2D eigenvalue weighted by Crippen LogP contribution is -2.50. The van der Waals surface area contributed by atoms with E-state index in [-0.39, 0.29) is 172 Å². The fraction of sp³-hybridized carbons (Fsp3) is 0.425. The van der Waals surface area contributed by atoms with Crippen LogP contribution in [0.2, 0.25) is 40.2 Å². The summed E-state index contributed by atoms with van der Waals surface area (Å²) in [7, 11) is 0. The van der Waals surface area contributed by atoms with Crippen molar-refractivity contribution in [1.29, 1.82) is 0 Å². The maximum Gasteiger partial charge on any atom is 0.410 e. The number of nitrogens with zero attached hydrogens (tertiary/aromatic N) is 11. The van der Waals surface area contributed by atoms with Crippen LogP contribution in [0.3, 0.4) is 0 Å². The number of halogens is 12. The molecular formula is C106H106Cl8F4N16O16. The van der Waals surface area contributed by atoms with Crippen LogP contribution in [0.25, 0.3) is 43.6 Å². The number of hydrogen-bond donors (Lipinski definition) is 6. The van der Waals surface area contributed by atoms with Gasteiger partial charge in [-0.15, -0.1) is 0 Å². The Morgan fingerprint density at radius 2 is 0.613 bits per heavy atom. The average Bonchev–Trinajstić information content (AvgIpc) is 1.33. The first-order valence-electron chi connectivity index (χ1n) is 49.6. The van der Waals surface area contributed by atoms with Crippen LogP contribution in [0.1, 0.15) is 144 Å². The minimum absolute atomic E-state index is 0.0133. The van der Waals surface area contributed by atoms with Crippen LogP contribution < -0.4 is 59.7 Å². The molecule has 4 unspecified atom stereocenters. The molecule has 12 atom stereocenters. The summed E-state index contributed by atoms with van der Waals surface area (Å²) < 4.78 is 131. The fourth-order valence-electron chi connectivity index (χ4n) is 20.9. The molecule has 11 aliphatic rings. The van der Waals surface area contributed by atoms with Crippen LogP contribution in [0.15, 0.2) is 135 Å². The first kappa shape index (κ1) is 105. The number of ether oxygens (including phenoxy) is 12. The topological polar surface area (TPSA) is 355 Å². The highest BCUT2D eigenvalue weighted by atomic mass is 35.5. The lowest BCUT2D eigenvalue weighted by molar-refractivity contribution is -0.131. The molecule has 8 aromatic carbocycles. The molecule has 11 fully saturated rings. The zero-order valence-corrected chi connectivity index (χ0v) is 88.1. The van der Waals surface area contributed by atoms with E-state index in [1.807, 2.05) is 80.5 Å². The highest BCUT2D eigenvalue weighted by Gasteiger charge is 2.50. The predicted molar refractivity (Wildman–Crippen MR) is 562 cm³/mol. The zero-order valence-electron chi connectivity index (χ0n) is 82.1. The van der Waals surface area contributed by atoms with Gasteiger partial charge in [-0.3, -0.25) is 4.79 Å². The molecule has 44 heteroatoms. The van der Waals surface area contributed by atoms with Gasteiger partial charge in [0.2, 0.25) is 5.91 Å². The number of aromatic nitrogens is 8. The van der Waals surface area contributed by atoms with Gasteiger partial charge < -0.3 is 103 Å². The zero-order chi connectivity index (χ0) is 105. The molecule has 32 nitrogen and oxygen atoms in total. The van der Waals surface area contributed by atoms with E-state index in [2.05, 4.69) is 73.0 Å². The van der Waals surface area contributed by atoms with E-state index in [0.717, 1.165) is 51.4 Å². The Kier molecular flexibility index (Phi) is 31.3. The first-order valence-corrected chi connectivity index (χ1v) is 52.6. The smallest absolute Gasteiger partial charge is 0.410 e.